The molecule has 198 valence electrons. The molecule has 6 nitrogen and oxygen atoms in total. The first kappa shape index (κ1) is 28.1. The Morgan fingerprint density at radius 1 is 0.667 bits per heavy atom. The van der Waals surface area contributed by atoms with Gasteiger partial charge in [0.15, 0.2) is 0 Å². The van der Waals surface area contributed by atoms with E-state index in [9.17, 15) is 9.90 Å². The molecule has 0 saturated carbocycles. The standard InChI is InChI=1S/C32H30N4O2.Fe/c1-8-21-18(5)26-12-24-16(3)17(4)25(33-24)13-31-23(10-11-32(37)38)20(7)28(36-31)15-30-22(9-2)19(6)27(35-30)14-29(21)34-26;/h8-9,12-15H,1-2,10-11H2,3-7H3,(H,37,38);/q-4;+4/b24-12?,25-13?,26-12-,27-14?,28-15-,29-14-,30-15?,31-13-;. The van der Waals surface area contributed by atoms with Crippen molar-refractivity contribution in [2.24, 2.45) is 0 Å². The maximum absolute atomic E-state index is 11.4. The van der Waals surface area contributed by atoms with Crippen molar-refractivity contribution < 1.29 is 27.0 Å². The fraction of sp³-hybridized carbons (Fsp3) is 0.219. The van der Waals surface area contributed by atoms with Crippen LogP contribution in [0.25, 0.3) is 36.5 Å². The third-order valence-corrected chi connectivity index (χ3v) is 7.66. The molecular weight excluding hydrogens is 528 g/mol. The molecule has 8 bridgehead atoms. The molecule has 1 aliphatic heterocycles. The average Bonchev–Trinajstić information content (AvgIpc) is 3.52. The fourth-order valence-electron chi connectivity index (χ4n) is 5.14. The van der Waals surface area contributed by atoms with E-state index in [1.165, 1.54) is 0 Å². The van der Waals surface area contributed by atoms with Gasteiger partial charge in [-0.05, 0) is 52.2 Å². The molecule has 0 atom stereocenters. The molecule has 0 saturated heterocycles. The normalized spacial score (nSPS) is 15.4. The molecular formula is C32H30FeN4O2. The van der Waals surface area contributed by atoms with Gasteiger partial charge in [-0.3, -0.25) is 4.79 Å². The molecule has 1 aliphatic rings. The molecule has 0 aromatic carbocycles. The Labute approximate surface area is 238 Å². The Kier molecular flexibility index (Phi) is 7.69. The maximum atomic E-state index is 11.4. The molecule has 39 heavy (non-hydrogen) atoms. The minimum atomic E-state index is -0.839. The van der Waals surface area contributed by atoms with Crippen LogP contribution in [0.2, 0.25) is 0 Å². The van der Waals surface area contributed by atoms with Crippen molar-refractivity contribution in [3.8, 4) is 0 Å². The number of carboxylic acid groups (broad SMARTS) is 1. The molecule has 0 aliphatic carbocycles. The van der Waals surface area contributed by atoms with Gasteiger partial charge in [0.05, 0.1) is 0 Å². The second-order valence-corrected chi connectivity index (χ2v) is 9.84. The van der Waals surface area contributed by atoms with Crippen LogP contribution >= 0.6 is 0 Å². The molecule has 7 heteroatoms. The van der Waals surface area contributed by atoms with Gasteiger partial charge < -0.3 is 25.0 Å². The van der Waals surface area contributed by atoms with Crippen LogP contribution in [0.4, 0.5) is 0 Å². The van der Waals surface area contributed by atoms with Crippen molar-refractivity contribution >= 4 is 42.4 Å². The largest absolute Gasteiger partial charge is 4.00 e. The van der Waals surface area contributed by atoms with Crippen LogP contribution in [0.1, 0.15) is 73.7 Å². The number of carboxylic acids is 1. The predicted molar refractivity (Wildman–Crippen MR) is 152 cm³/mol. The van der Waals surface area contributed by atoms with Gasteiger partial charge in [-0.2, -0.15) is 0 Å². The maximum Gasteiger partial charge on any atom is 4.00 e. The Morgan fingerprint density at radius 3 is 1.77 bits per heavy atom. The smallest absolute Gasteiger partial charge is 0.657 e. The van der Waals surface area contributed by atoms with Crippen LogP contribution in [0.3, 0.4) is 0 Å². The van der Waals surface area contributed by atoms with Gasteiger partial charge in [0.25, 0.3) is 0 Å². The van der Waals surface area contributed by atoms with Crippen LogP contribution in [0.5, 0.6) is 0 Å². The van der Waals surface area contributed by atoms with E-state index in [-0.39, 0.29) is 23.5 Å². The first-order chi connectivity index (χ1) is 18.1. The number of aromatic nitrogens is 4. The number of carbonyl (C=O) groups is 1. The SMILES string of the molecule is C=Cc1c2[n-]c(c1C)/C=c1\[n-]/c(c(C)c1C=C)=C\c1[n-]c(c(C)c1C)/C=c1\[n-]/c(c(C)c1CCC(=O)O)=C\2.[Fe+4]. The summed E-state index contributed by atoms with van der Waals surface area (Å²) in [7, 11) is 0. The zero-order chi connectivity index (χ0) is 27.3. The number of hydrogen-bond acceptors (Lipinski definition) is 1. The second kappa shape index (κ2) is 10.7. The Hall–Kier alpha value is -3.93. The summed E-state index contributed by atoms with van der Waals surface area (Å²) in [4.78, 5) is 31.2. The van der Waals surface area contributed by atoms with Crippen molar-refractivity contribution in [2.45, 2.75) is 47.5 Å². The zero-order valence-corrected chi connectivity index (χ0v) is 23.9. The first-order valence-electron chi connectivity index (χ1n) is 12.6. The number of aliphatic carboxylic acids is 1. The second-order valence-electron chi connectivity index (χ2n) is 9.84. The molecule has 0 radical (unpaired) electrons. The minimum absolute atomic E-state index is 0. The molecule has 0 amide bonds. The van der Waals surface area contributed by atoms with E-state index in [4.69, 9.17) is 19.9 Å². The van der Waals surface area contributed by atoms with Gasteiger partial charge in [0.2, 0.25) is 0 Å². The predicted octanol–water partition coefficient (Wildman–Crippen LogP) is 1.99. The van der Waals surface area contributed by atoms with E-state index < -0.39 is 5.97 Å². The zero-order valence-electron chi connectivity index (χ0n) is 22.8. The Morgan fingerprint density at radius 2 is 1.15 bits per heavy atom. The van der Waals surface area contributed by atoms with E-state index in [1.807, 2.05) is 64.2 Å². The van der Waals surface area contributed by atoms with Crippen LogP contribution in [0.15, 0.2) is 13.2 Å². The summed E-state index contributed by atoms with van der Waals surface area (Å²) in [5, 5.41) is 12.5. The Balaban J connectivity index is 0.00000353. The monoisotopic (exact) mass is 558 g/mol. The Bertz CT molecular complexity index is 1890. The first-order valence-corrected chi connectivity index (χ1v) is 12.6. The molecule has 5 rings (SSSR count). The summed E-state index contributed by atoms with van der Waals surface area (Å²) in [6.07, 6.45) is 12.0. The number of rotatable bonds is 5. The summed E-state index contributed by atoms with van der Waals surface area (Å²) >= 11 is 0. The minimum Gasteiger partial charge on any atom is -0.657 e. The molecule has 4 aromatic heterocycles. The van der Waals surface area contributed by atoms with Crippen molar-refractivity contribution in [3.05, 3.63) is 102 Å². The van der Waals surface area contributed by atoms with Gasteiger partial charge in [0.1, 0.15) is 0 Å². The van der Waals surface area contributed by atoms with Crippen molar-refractivity contribution in [1.82, 2.24) is 19.9 Å². The van der Waals surface area contributed by atoms with Gasteiger partial charge >= 0.3 is 23.0 Å². The van der Waals surface area contributed by atoms with Gasteiger partial charge in [-0.1, -0.05) is 83.0 Å². The van der Waals surface area contributed by atoms with Gasteiger partial charge in [0, 0.05) is 6.42 Å². The van der Waals surface area contributed by atoms with E-state index in [1.54, 1.807) is 0 Å². The van der Waals surface area contributed by atoms with Crippen molar-refractivity contribution in [3.63, 3.8) is 0 Å². The third kappa shape index (κ3) is 4.84. The van der Waals surface area contributed by atoms with Crippen molar-refractivity contribution in [2.75, 3.05) is 0 Å². The summed E-state index contributed by atoms with van der Waals surface area (Å²) in [5.41, 5.74) is 11.2. The molecule has 4 aromatic rings. The van der Waals surface area contributed by atoms with Crippen LogP contribution in [-0.4, -0.2) is 11.1 Å². The summed E-state index contributed by atoms with van der Waals surface area (Å²) in [6, 6.07) is 0. The van der Waals surface area contributed by atoms with Crippen LogP contribution in [0, 0.1) is 34.6 Å². The molecule has 5 heterocycles. The summed E-state index contributed by atoms with van der Waals surface area (Å²) < 4.78 is 0. The van der Waals surface area contributed by atoms with E-state index in [0.717, 1.165) is 88.7 Å². The fourth-order valence-corrected chi connectivity index (χ4v) is 5.14. The number of fused-ring (bicyclic) bond motifs is 8. The topological polar surface area (TPSA) is 93.7 Å². The molecule has 0 unspecified atom stereocenters. The average molecular weight is 558 g/mol. The number of hydrogen-bond donors (Lipinski definition) is 1. The van der Waals surface area contributed by atoms with Gasteiger partial charge in [-0.15, -0.1) is 44.2 Å². The number of nitrogens with zero attached hydrogens (tertiary/aromatic N) is 4. The van der Waals surface area contributed by atoms with Gasteiger partial charge in [-0.25, -0.2) is 0 Å². The van der Waals surface area contributed by atoms with Crippen LogP contribution < -0.4 is 41.3 Å². The van der Waals surface area contributed by atoms with Crippen LogP contribution in [-0.2, 0) is 28.3 Å². The third-order valence-electron chi connectivity index (χ3n) is 7.66. The molecule has 0 fully saturated rings. The van der Waals surface area contributed by atoms with Crippen molar-refractivity contribution in [1.29, 1.82) is 0 Å². The van der Waals surface area contributed by atoms with E-state index in [0.29, 0.717) is 6.42 Å². The molecule has 0 spiro atoms. The summed E-state index contributed by atoms with van der Waals surface area (Å²) in [5.74, 6) is -0.839. The summed E-state index contributed by atoms with van der Waals surface area (Å²) in [6.45, 7) is 18.2. The van der Waals surface area contributed by atoms with E-state index >= 15 is 0 Å². The quantitative estimate of drug-likeness (QED) is 0.332. The van der Waals surface area contributed by atoms with E-state index in [2.05, 4.69) is 20.1 Å². The molecule has 1 N–H and O–H groups in total.